The highest BCUT2D eigenvalue weighted by Crippen LogP contribution is 2.22. The summed E-state index contributed by atoms with van der Waals surface area (Å²) in [5, 5.41) is 16.1. The Morgan fingerprint density at radius 3 is 3.22 bits per heavy atom. The molecule has 1 saturated carbocycles. The molecule has 2 aromatic rings. The molecule has 96 valence electrons. The van der Waals surface area contributed by atoms with E-state index in [0.717, 1.165) is 30.0 Å². The van der Waals surface area contributed by atoms with E-state index in [1.807, 2.05) is 16.4 Å². The molecular formula is C10H14N6S2. The van der Waals surface area contributed by atoms with Gasteiger partial charge in [-0.2, -0.15) is 0 Å². The fraction of sp³-hybridized carbons (Fsp3) is 0.600. The Morgan fingerprint density at radius 2 is 2.44 bits per heavy atom. The van der Waals surface area contributed by atoms with Crippen LogP contribution in [0.25, 0.3) is 0 Å². The lowest BCUT2D eigenvalue weighted by Gasteiger charge is -2.04. The van der Waals surface area contributed by atoms with E-state index < -0.39 is 0 Å². The maximum Gasteiger partial charge on any atom is 0.209 e. The van der Waals surface area contributed by atoms with E-state index in [2.05, 4.69) is 25.8 Å². The maximum atomic E-state index is 4.06. The topological polar surface area (TPSA) is 68.5 Å². The molecule has 6 nitrogen and oxygen atoms in total. The van der Waals surface area contributed by atoms with E-state index in [-0.39, 0.29) is 0 Å². The maximum absolute atomic E-state index is 4.06. The molecule has 1 N–H and O–H groups in total. The van der Waals surface area contributed by atoms with Gasteiger partial charge in [-0.05, 0) is 23.3 Å². The number of hydrogen-bond donors (Lipinski definition) is 1. The largest absolute Gasteiger partial charge is 0.312 e. The van der Waals surface area contributed by atoms with Gasteiger partial charge in [-0.15, -0.1) is 16.4 Å². The van der Waals surface area contributed by atoms with Gasteiger partial charge < -0.3 is 5.32 Å². The van der Waals surface area contributed by atoms with Crippen molar-refractivity contribution in [1.82, 2.24) is 30.5 Å². The minimum absolute atomic E-state index is 0.731. The number of hydrogen-bond acceptors (Lipinski definition) is 7. The van der Waals surface area contributed by atoms with Crippen LogP contribution in [0.2, 0.25) is 0 Å². The van der Waals surface area contributed by atoms with Gasteiger partial charge in [-0.25, -0.2) is 4.68 Å². The molecule has 2 heterocycles. The first kappa shape index (κ1) is 12.1. The summed E-state index contributed by atoms with van der Waals surface area (Å²) in [4.78, 5) is 5.30. The van der Waals surface area contributed by atoms with Crippen molar-refractivity contribution in [3.05, 3.63) is 16.6 Å². The normalized spacial score (nSPS) is 15.1. The van der Waals surface area contributed by atoms with Gasteiger partial charge >= 0.3 is 0 Å². The monoisotopic (exact) mass is 282 g/mol. The van der Waals surface area contributed by atoms with Gasteiger partial charge in [-0.1, -0.05) is 11.8 Å². The second-order valence-corrected chi connectivity index (χ2v) is 6.08. The Labute approximate surface area is 113 Å². The summed E-state index contributed by atoms with van der Waals surface area (Å²) in [6, 6.07) is 0.731. The fourth-order valence-corrected chi connectivity index (χ4v) is 3.10. The highest BCUT2D eigenvalue weighted by Gasteiger charge is 2.20. The molecule has 1 aliphatic carbocycles. The van der Waals surface area contributed by atoms with Crippen molar-refractivity contribution in [3.63, 3.8) is 0 Å². The van der Waals surface area contributed by atoms with E-state index in [1.54, 1.807) is 23.1 Å². The molecule has 0 aromatic carbocycles. The van der Waals surface area contributed by atoms with Crippen molar-refractivity contribution in [2.45, 2.75) is 36.3 Å². The molecule has 18 heavy (non-hydrogen) atoms. The molecule has 0 unspecified atom stereocenters. The van der Waals surface area contributed by atoms with E-state index in [0.29, 0.717) is 0 Å². The van der Waals surface area contributed by atoms with Crippen LogP contribution < -0.4 is 5.32 Å². The number of rotatable bonds is 7. The summed E-state index contributed by atoms with van der Waals surface area (Å²) in [6.45, 7) is 1.76. The number of nitrogens with one attached hydrogen (secondary N) is 1. The third-order valence-electron chi connectivity index (χ3n) is 2.66. The zero-order chi connectivity index (χ0) is 12.2. The van der Waals surface area contributed by atoms with E-state index in [4.69, 9.17) is 0 Å². The van der Waals surface area contributed by atoms with Crippen LogP contribution in [0.15, 0.2) is 16.9 Å². The summed E-state index contributed by atoms with van der Waals surface area (Å²) in [5.41, 5.74) is 1.85. The Kier molecular flexibility index (Phi) is 3.87. The molecule has 0 radical (unpaired) electrons. The van der Waals surface area contributed by atoms with Crippen LogP contribution >= 0.6 is 23.1 Å². The Hall–Kier alpha value is -0.990. The fourth-order valence-electron chi connectivity index (χ4n) is 1.55. The number of tetrazole rings is 1. The predicted octanol–water partition coefficient (Wildman–Crippen LogP) is 1.17. The molecular weight excluding hydrogens is 268 g/mol. The summed E-state index contributed by atoms with van der Waals surface area (Å²) >= 11 is 3.31. The first-order valence-electron chi connectivity index (χ1n) is 5.91. The van der Waals surface area contributed by atoms with Gasteiger partial charge in [0.25, 0.3) is 0 Å². The molecule has 0 bridgehead atoms. The third kappa shape index (κ3) is 3.27. The number of nitrogens with zero attached hydrogens (tertiary/aromatic N) is 5. The van der Waals surface area contributed by atoms with Crippen LogP contribution in [-0.4, -0.2) is 37.8 Å². The summed E-state index contributed by atoms with van der Waals surface area (Å²) in [6.07, 6.45) is 4.51. The van der Waals surface area contributed by atoms with Gasteiger partial charge in [0.1, 0.15) is 0 Å². The first-order chi connectivity index (χ1) is 8.92. The average molecular weight is 282 g/mol. The Bertz CT molecular complexity index is 478. The quantitative estimate of drug-likeness (QED) is 0.769. The van der Waals surface area contributed by atoms with Crippen LogP contribution in [-0.2, 0) is 12.3 Å². The lowest BCUT2D eigenvalue weighted by molar-refractivity contribution is 0.509. The second kappa shape index (κ2) is 5.77. The molecule has 0 saturated heterocycles. The summed E-state index contributed by atoms with van der Waals surface area (Å²) in [5.74, 6) is 0.876. The van der Waals surface area contributed by atoms with Crippen molar-refractivity contribution >= 4 is 23.1 Å². The Balaban J connectivity index is 1.50. The molecule has 3 rings (SSSR count). The van der Waals surface area contributed by atoms with Crippen LogP contribution in [0.3, 0.4) is 0 Å². The average Bonchev–Trinajstić information content (AvgIpc) is 2.90. The number of aromatic nitrogens is 5. The van der Waals surface area contributed by atoms with Crippen LogP contribution in [0.4, 0.5) is 0 Å². The number of thioether (sulfide) groups is 1. The molecule has 8 heteroatoms. The van der Waals surface area contributed by atoms with E-state index >= 15 is 0 Å². The zero-order valence-corrected chi connectivity index (χ0v) is 11.5. The highest BCUT2D eigenvalue weighted by molar-refractivity contribution is 7.98. The van der Waals surface area contributed by atoms with Crippen LogP contribution in [0, 0.1) is 0 Å². The van der Waals surface area contributed by atoms with Crippen molar-refractivity contribution in [3.8, 4) is 0 Å². The molecule has 1 aliphatic rings. The van der Waals surface area contributed by atoms with Gasteiger partial charge in [0, 0.05) is 29.4 Å². The van der Waals surface area contributed by atoms with Crippen LogP contribution in [0.5, 0.6) is 0 Å². The summed E-state index contributed by atoms with van der Waals surface area (Å²) < 4.78 is 1.86. The molecule has 0 amide bonds. The van der Waals surface area contributed by atoms with Crippen LogP contribution in [0.1, 0.15) is 17.7 Å². The third-order valence-corrected chi connectivity index (χ3v) is 4.63. The standard InChI is InChI=1S/C10H14N6S2/c1-2-8(1)12-3-4-16-10(13-14-15-16)17-6-9-5-11-7-18-9/h5,7-8,12H,1-4,6H2. The van der Waals surface area contributed by atoms with Gasteiger partial charge in [-0.3, -0.25) is 4.98 Å². The lowest BCUT2D eigenvalue weighted by atomic mass is 10.6. The summed E-state index contributed by atoms with van der Waals surface area (Å²) in [7, 11) is 0. The van der Waals surface area contributed by atoms with Gasteiger partial charge in [0.05, 0.1) is 12.1 Å². The van der Waals surface area contributed by atoms with Gasteiger partial charge in [0.2, 0.25) is 5.16 Å². The first-order valence-corrected chi connectivity index (χ1v) is 7.78. The Morgan fingerprint density at radius 1 is 1.50 bits per heavy atom. The zero-order valence-electron chi connectivity index (χ0n) is 9.82. The molecule has 1 fully saturated rings. The molecule has 2 aromatic heterocycles. The minimum atomic E-state index is 0.731. The van der Waals surface area contributed by atoms with Crippen molar-refractivity contribution in [1.29, 1.82) is 0 Å². The van der Waals surface area contributed by atoms with E-state index in [9.17, 15) is 0 Å². The lowest BCUT2D eigenvalue weighted by Crippen LogP contribution is -2.22. The minimum Gasteiger partial charge on any atom is -0.312 e. The number of thiazole rings is 1. The van der Waals surface area contributed by atoms with E-state index in [1.165, 1.54) is 17.7 Å². The smallest absolute Gasteiger partial charge is 0.209 e. The predicted molar refractivity (Wildman–Crippen MR) is 70.5 cm³/mol. The highest BCUT2D eigenvalue weighted by atomic mass is 32.2. The molecule has 0 spiro atoms. The van der Waals surface area contributed by atoms with Crippen molar-refractivity contribution in [2.24, 2.45) is 0 Å². The molecule has 0 aliphatic heterocycles. The SMILES string of the molecule is c1ncc(CSc2nnnn2CCNC2CC2)s1. The van der Waals surface area contributed by atoms with Gasteiger partial charge in [0.15, 0.2) is 0 Å². The molecule has 0 atom stereocenters. The van der Waals surface area contributed by atoms with Crippen molar-refractivity contribution in [2.75, 3.05) is 6.54 Å². The second-order valence-electron chi connectivity index (χ2n) is 4.17. The van der Waals surface area contributed by atoms with Crippen molar-refractivity contribution < 1.29 is 0 Å².